The molecule has 0 fully saturated rings. The van der Waals surface area contributed by atoms with Crippen molar-refractivity contribution in [2.24, 2.45) is 0 Å². The molecule has 0 atom stereocenters. The standard InChI is InChI=1S/C15H8BrN3OS/c16-11-2-1-3-12-13(11)18-15(21-12)19-14(20)10-6-4-9(8-17)5-7-10/h1-7H,(H,18,19,20). The number of aromatic nitrogens is 1. The zero-order valence-electron chi connectivity index (χ0n) is 10.6. The monoisotopic (exact) mass is 357 g/mol. The summed E-state index contributed by atoms with van der Waals surface area (Å²) in [6, 6.07) is 14.3. The Morgan fingerprint density at radius 3 is 2.67 bits per heavy atom. The number of amides is 1. The van der Waals surface area contributed by atoms with E-state index < -0.39 is 0 Å². The Hall–Kier alpha value is -2.23. The Bertz CT molecular complexity index is 865. The van der Waals surface area contributed by atoms with Gasteiger partial charge in [-0.2, -0.15) is 5.26 Å². The lowest BCUT2D eigenvalue weighted by atomic mass is 10.1. The van der Waals surface area contributed by atoms with E-state index in [1.54, 1.807) is 24.3 Å². The van der Waals surface area contributed by atoms with Gasteiger partial charge >= 0.3 is 0 Å². The van der Waals surface area contributed by atoms with Crippen molar-refractivity contribution in [1.82, 2.24) is 4.98 Å². The number of halogens is 1. The highest BCUT2D eigenvalue weighted by Gasteiger charge is 2.11. The van der Waals surface area contributed by atoms with Gasteiger partial charge in [-0.25, -0.2) is 4.98 Å². The third-order valence-corrected chi connectivity index (χ3v) is 4.44. The summed E-state index contributed by atoms with van der Waals surface area (Å²) in [5, 5.41) is 12.1. The number of rotatable bonds is 2. The Labute approximate surface area is 133 Å². The minimum atomic E-state index is -0.241. The molecule has 0 aliphatic heterocycles. The van der Waals surface area contributed by atoms with Gasteiger partial charge in [0.05, 0.1) is 21.8 Å². The van der Waals surface area contributed by atoms with Crippen LogP contribution in [0.2, 0.25) is 0 Å². The molecular formula is C15H8BrN3OS. The lowest BCUT2D eigenvalue weighted by Crippen LogP contribution is -2.11. The second kappa shape index (κ2) is 5.64. The number of nitrogens with one attached hydrogen (secondary N) is 1. The van der Waals surface area contributed by atoms with Crippen LogP contribution in [0.25, 0.3) is 10.2 Å². The van der Waals surface area contributed by atoms with E-state index in [0.717, 1.165) is 14.7 Å². The number of thiazole rings is 1. The van der Waals surface area contributed by atoms with E-state index in [1.165, 1.54) is 11.3 Å². The van der Waals surface area contributed by atoms with Gasteiger partial charge in [-0.3, -0.25) is 10.1 Å². The summed E-state index contributed by atoms with van der Waals surface area (Å²) in [6.45, 7) is 0. The van der Waals surface area contributed by atoms with Gasteiger partial charge in [0.1, 0.15) is 0 Å². The quantitative estimate of drug-likeness (QED) is 0.747. The smallest absolute Gasteiger partial charge is 0.257 e. The van der Waals surface area contributed by atoms with Crippen LogP contribution in [0.4, 0.5) is 5.13 Å². The van der Waals surface area contributed by atoms with Crippen molar-refractivity contribution in [2.45, 2.75) is 0 Å². The molecule has 0 aliphatic carbocycles. The van der Waals surface area contributed by atoms with E-state index in [2.05, 4.69) is 26.2 Å². The molecule has 0 unspecified atom stereocenters. The average Bonchev–Trinajstić information content (AvgIpc) is 2.91. The molecule has 0 spiro atoms. The zero-order chi connectivity index (χ0) is 14.8. The molecule has 1 amide bonds. The van der Waals surface area contributed by atoms with Crippen LogP contribution in [-0.4, -0.2) is 10.9 Å². The number of carbonyl (C=O) groups is 1. The summed E-state index contributed by atoms with van der Waals surface area (Å²) in [4.78, 5) is 16.5. The van der Waals surface area contributed by atoms with Crippen LogP contribution in [0.15, 0.2) is 46.9 Å². The third-order valence-electron chi connectivity index (χ3n) is 2.87. The van der Waals surface area contributed by atoms with Crippen molar-refractivity contribution < 1.29 is 4.79 Å². The van der Waals surface area contributed by atoms with Crippen LogP contribution in [0, 0.1) is 11.3 Å². The molecule has 4 nitrogen and oxygen atoms in total. The fourth-order valence-electron chi connectivity index (χ4n) is 1.83. The predicted molar refractivity (Wildman–Crippen MR) is 86.4 cm³/mol. The van der Waals surface area contributed by atoms with Gasteiger partial charge in [0.15, 0.2) is 5.13 Å². The lowest BCUT2D eigenvalue weighted by molar-refractivity contribution is 0.102. The van der Waals surface area contributed by atoms with Crippen molar-refractivity contribution in [1.29, 1.82) is 5.26 Å². The highest BCUT2D eigenvalue weighted by Crippen LogP contribution is 2.31. The first-order valence-electron chi connectivity index (χ1n) is 6.04. The van der Waals surface area contributed by atoms with Gasteiger partial charge in [-0.15, -0.1) is 0 Å². The van der Waals surface area contributed by atoms with Crippen LogP contribution in [0.1, 0.15) is 15.9 Å². The molecule has 0 aliphatic rings. The maximum absolute atomic E-state index is 12.1. The topological polar surface area (TPSA) is 65.8 Å². The van der Waals surface area contributed by atoms with Crippen molar-refractivity contribution in [3.63, 3.8) is 0 Å². The first-order chi connectivity index (χ1) is 10.2. The number of nitrogens with zero attached hydrogens (tertiary/aromatic N) is 2. The number of benzene rings is 2. The molecular weight excluding hydrogens is 350 g/mol. The van der Waals surface area contributed by atoms with E-state index in [-0.39, 0.29) is 5.91 Å². The summed E-state index contributed by atoms with van der Waals surface area (Å²) < 4.78 is 1.90. The molecule has 1 heterocycles. The SMILES string of the molecule is N#Cc1ccc(C(=O)Nc2nc3c(Br)cccc3s2)cc1. The van der Waals surface area contributed by atoms with Gasteiger partial charge in [-0.05, 0) is 52.3 Å². The number of hydrogen-bond acceptors (Lipinski definition) is 4. The van der Waals surface area contributed by atoms with Crippen LogP contribution >= 0.6 is 27.3 Å². The van der Waals surface area contributed by atoms with E-state index in [0.29, 0.717) is 16.3 Å². The Balaban J connectivity index is 1.85. The van der Waals surface area contributed by atoms with Gasteiger partial charge in [0.2, 0.25) is 0 Å². The van der Waals surface area contributed by atoms with Crippen molar-refractivity contribution in [3.05, 3.63) is 58.1 Å². The van der Waals surface area contributed by atoms with Gasteiger partial charge < -0.3 is 0 Å². The van der Waals surface area contributed by atoms with Gasteiger partial charge in [0, 0.05) is 10.0 Å². The fraction of sp³-hybridized carbons (Fsp3) is 0. The normalized spacial score (nSPS) is 10.3. The Morgan fingerprint density at radius 1 is 1.24 bits per heavy atom. The van der Waals surface area contributed by atoms with Crippen LogP contribution in [0.5, 0.6) is 0 Å². The molecule has 21 heavy (non-hydrogen) atoms. The third kappa shape index (κ3) is 2.79. The summed E-state index contributed by atoms with van der Waals surface area (Å²) in [6.07, 6.45) is 0. The predicted octanol–water partition coefficient (Wildman–Crippen LogP) is 4.18. The molecule has 0 saturated heterocycles. The summed E-state index contributed by atoms with van der Waals surface area (Å²) >= 11 is 4.85. The maximum Gasteiger partial charge on any atom is 0.257 e. The molecule has 6 heteroatoms. The summed E-state index contributed by atoms with van der Waals surface area (Å²) in [5.41, 5.74) is 1.85. The molecule has 102 valence electrons. The largest absolute Gasteiger partial charge is 0.298 e. The molecule has 3 aromatic rings. The van der Waals surface area contributed by atoms with Crippen LogP contribution in [-0.2, 0) is 0 Å². The number of anilines is 1. The molecule has 2 aromatic carbocycles. The molecule has 1 N–H and O–H groups in total. The first kappa shape index (κ1) is 13.7. The van der Waals surface area contributed by atoms with E-state index in [4.69, 9.17) is 5.26 Å². The van der Waals surface area contributed by atoms with Crippen LogP contribution < -0.4 is 5.32 Å². The minimum absolute atomic E-state index is 0.241. The van der Waals surface area contributed by atoms with Crippen molar-refractivity contribution >= 4 is 48.5 Å². The molecule has 0 saturated carbocycles. The number of fused-ring (bicyclic) bond motifs is 1. The summed E-state index contributed by atoms with van der Waals surface area (Å²) in [5.74, 6) is -0.241. The van der Waals surface area contributed by atoms with E-state index >= 15 is 0 Å². The fourth-order valence-corrected chi connectivity index (χ4v) is 3.31. The second-order valence-corrected chi connectivity index (χ2v) is 6.13. The number of carbonyl (C=O) groups excluding carboxylic acids is 1. The highest BCUT2D eigenvalue weighted by molar-refractivity contribution is 9.10. The lowest BCUT2D eigenvalue weighted by Gasteiger charge is -2.01. The summed E-state index contributed by atoms with van der Waals surface area (Å²) in [7, 11) is 0. The number of nitriles is 1. The molecule has 1 aromatic heterocycles. The Morgan fingerprint density at radius 2 is 2.00 bits per heavy atom. The minimum Gasteiger partial charge on any atom is -0.298 e. The van der Waals surface area contributed by atoms with E-state index in [1.807, 2.05) is 24.3 Å². The molecule has 0 radical (unpaired) electrons. The average molecular weight is 358 g/mol. The van der Waals surface area contributed by atoms with E-state index in [9.17, 15) is 4.79 Å². The highest BCUT2D eigenvalue weighted by atomic mass is 79.9. The number of hydrogen-bond donors (Lipinski definition) is 1. The zero-order valence-corrected chi connectivity index (χ0v) is 13.0. The molecule has 0 bridgehead atoms. The number of para-hydroxylation sites is 1. The molecule has 3 rings (SSSR count). The Kier molecular flexibility index (Phi) is 3.69. The maximum atomic E-state index is 12.1. The van der Waals surface area contributed by atoms with Gasteiger partial charge in [-0.1, -0.05) is 17.4 Å². The first-order valence-corrected chi connectivity index (χ1v) is 7.65. The van der Waals surface area contributed by atoms with Gasteiger partial charge in [0.25, 0.3) is 5.91 Å². The second-order valence-electron chi connectivity index (χ2n) is 4.25. The van der Waals surface area contributed by atoms with Crippen molar-refractivity contribution in [3.8, 4) is 6.07 Å². The van der Waals surface area contributed by atoms with Crippen LogP contribution in [0.3, 0.4) is 0 Å². The van der Waals surface area contributed by atoms with Crippen molar-refractivity contribution in [2.75, 3.05) is 5.32 Å².